The molecule has 1 amide bonds. The topological polar surface area (TPSA) is 75.1 Å². The van der Waals surface area contributed by atoms with Crippen LogP contribution in [0.1, 0.15) is 15.4 Å². The normalized spacial score (nSPS) is 13.9. The molecule has 0 atom stereocenters. The standard InChI is InChI=1S/C24H22N6OS/c1-17-21(32-23(27-17)19-9-5-6-11-25-19)24(31)30-15-13-29(14-16-30)20-10-12-26-22(28-20)18-7-3-2-4-8-18/h2-12H,13-16H2,1H3. The van der Waals surface area contributed by atoms with Gasteiger partial charge in [0.05, 0.1) is 11.4 Å². The van der Waals surface area contributed by atoms with Crippen molar-refractivity contribution < 1.29 is 4.79 Å². The second kappa shape index (κ2) is 8.84. The Labute approximate surface area is 190 Å². The van der Waals surface area contributed by atoms with Gasteiger partial charge in [0.25, 0.3) is 5.91 Å². The van der Waals surface area contributed by atoms with Gasteiger partial charge in [0.15, 0.2) is 5.82 Å². The molecule has 0 aliphatic carbocycles. The van der Waals surface area contributed by atoms with Crippen LogP contribution >= 0.6 is 11.3 Å². The smallest absolute Gasteiger partial charge is 0.265 e. The lowest BCUT2D eigenvalue weighted by Gasteiger charge is -2.35. The minimum atomic E-state index is 0.0366. The summed E-state index contributed by atoms with van der Waals surface area (Å²) in [6, 6.07) is 17.6. The van der Waals surface area contributed by atoms with E-state index in [4.69, 9.17) is 4.98 Å². The summed E-state index contributed by atoms with van der Waals surface area (Å²) < 4.78 is 0. The number of pyridine rings is 1. The van der Waals surface area contributed by atoms with E-state index in [-0.39, 0.29) is 5.91 Å². The van der Waals surface area contributed by atoms with Crippen molar-refractivity contribution in [1.82, 2.24) is 24.8 Å². The van der Waals surface area contributed by atoms with Crippen molar-refractivity contribution in [2.24, 2.45) is 0 Å². The van der Waals surface area contributed by atoms with Crippen molar-refractivity contribution in [1.29, 1.82) is 0 Å². The molecule has 1 fully saturated rings. The number of amides is 1. The largest absolute Gasteiger partial charge is 0.353 e. The number of aromatic nitrogens is 4. The lowest BCUT2D eigenvalue weighted by Crippen LogP contribution is -2.49. The van der Waals surface area contributed by atoms with Crippen LogP contribution in [-0.4, -0.2) is 56.9 Å². The molecule has 0 radical (unpaired) electrons. The maximum absolute atomic E-state index is 13.2. The van der Waals surface area contributed by atoms with E-state index in [0.29, 0.717) is 23.8 Å². The van der Waals surface area contributed by atoms with Gasteiger partial charge in [-0.3, -0.25) is 9.78 Å². The SMILES string of the molecule is Cc1nc(-c2ccccn2)sc1C(=O)N1CCN(c2ccnc(-c3ccccc3)n2)CC1. The number of carbonyl (C=O) groups excluding carboxylic acids is 1. The number of piperazine rings is 1. The highest BCUT2D eigenvalue weighted by atomic mass is 32.1. The lowest BCUT2D eigenvalue weighted by atomic mass is 10.2. The molecular formula is C24H22N6OS. The van der Waals surface area contributed by atoms with Crippen molar-refractivity contribution in [3.05, 3.63) is 77.6 Å². The van der Waals surface area contributed by atoms with Gasteiger partial charge in [-0.1, -0.05) is 36.4 Å². The second-order valence-corrected chi connectivity index (χ2v) is 8.53. The fraction of sp³-hybridized carbons (Fsp3) is 0.208. The van der Waals surface area contributed by atoms with Crippen LogP contribution in [-0.2, 0) is 0 Å². The van der Waals surface area contributed by atoms with Gasteiger partial charge in [0.2, 0.25) is 0 Å². The first-order valence-electron chi connectivity index (χ1n) is 10.5. The van der Waals surface area contributed by atoms with Crippen LogP contribution in [0, 0.1) is 6.92 Å². The fourth-order valence-corrected chi connectivity index (χ4v) is 4.74. The molecule has 1 saturated heterocycles. The molecule has 1 aliphatic heterocycles. The van der Waals surface area contributed by atoms with Crippen LogP contribution in [0.3, 0.4) is 0 Å². The number of nitrogens with zero attached hydrogens (tertiary/aromatic N) is 6. The van der Waals surface area contributed by atoms with Gasteiger partial charge in [-0.05, 0) is 25.1 Å². The Morgan fingerprint density at radius 3 is 2.41 bits per heavy atom. The maximum Gasteiger partial charge on any atom is 0.265 e. The minimum absolute atomic E-state index is 0.0366. The molecule has 8 heteroatoms. The van der Waals surface area contributed by atoms with E-state index >= 15 is 0 Å². The van der Waals surface area contributed by atoms with E-state index in [1.807, 2.05) is 66.4 Å². The van der Waals surface area contributed by atoms with Crippen molar-refractivity contribution >= 4 is 23.1 Å². The van der Waals surface area contributed by atoms with Crippen molar-refractivity contribution in [3.63, 3.8) is 0 Å². The molecular weight excluding hydrogens is 420 g/mol. The summed E-state index contributed by atoms with van der Waals surface area (Å²) in [7, 11) is 0. The van der Waals surface area contributed by atoms with E-state index in [1.54, 1.807) is 12.4 Å². The van der Waals surface area contributed by atoms with Crippen molar-refractivity contribution in [3.8, 4) is 22.1 Å². The van der Waals surface area contributed by atoms with Crippen molar-refractivity contribution in [2.75, 3.05) is 31.1 Å². The first-order chi connectivity index (χ1) is 15.7. The summed E-state index contributed by atoms with van der Waals surface area (Å²) in [5, 5.41) is 0.777. The molecule has 0 spiro atoms. The number of rotatable bonds is 4. The molecule has 4 aromatic rings. The highest BCUT2D eigenvalue weighted by molar-refractivity contribution is 7.17. The molecule has 3 aromatic heterocycles. The van der Waals surface area contributed by atoms with Crippen LogP contribution in [0.5, 0.6) is 0 Å². The third kappa shape index (κ3) is 4.09. The van der Waals surface area contributed by atoms with Gasteiger partial charge in [0.1, 0.15) is 15.7 Å². The van der Waals surface area contributed by atoms with Crippen LogP contribution < -0.4 is 4.90 Å². The number of anilines is 1. The summed E-state index contributed by atoms with van der Waals surface area (Å²) in [6.07, 6.45) is 3.53. The van der Waals surface area contributed by atoms with Gasteiger partial charge in [-0.2, -0.15) is 0 Å². The number of thiazole rings is 1. The molecule has 4 heterocycles. The molecule has 0 N–H and O–H groups in total. The Morgan fingerprint density at radius 2 is 1.66 bits per heavy atom. The third-order valence-electron chi connectivity index (χ3n) is 5.44. The Balaban J connectivity index is 1.27. The Kier molecular flexibility index (Phi) is 5.60. The van der Waals surface area contributed by atoms with Gasteiger partial charge < -0.3 is 9.80 Å². The van der Waals surface area contributed by atoms with Crippen LogP contribution in [0.4, 0.5) is 5.82 Å². The van der Waals surface area contributed by atoms with Crippen LogP contribution in [0.15, 0.2) is 67.0 Å². The van der Waals surface area contributed by atoms with E-state index in [2.05, 4.69) is 19.9 Å². The summed E-state index contributed by atoms with van der Waals surface area (Å²) >= 11 is 1.41. The molecule has 1 aliphatic rings. The Hall–Kier alpha value is -3.65. The first kappa shape index (κ1) is 20.3. The molecule has 32 heavy (non-hydrogen) atoms. The maximum atomic E-state index is 13.2. The van der Waals surface area contributed by atoms with E-state index < -0.39 is 0 Å². The van der Waals surface area contributed by atoms with Gasteiger partial charge >= 0.3 is 0 Å². The predicted octanol–water partition coefficient (Wildman–Crippen LogP) is 3.93. The number of aryl methyl sites for hydroxylation is 1. The first-order valence-corrected chi connectivity index (χ1v) is 11.3. The van der Waals surface area contributed by atoms with Crippen LogP contribution in [0.2, 0.25) is 0 Å². The predicted molar refractivity (Wildman–Crippen MR) is 126 cm³/mol. The molecule has 160 valence electrons. The molecule has 0 unspecified atom stereocenters. The Morgan fingerprint density at radius 1 is 0.875 bits per heavy atom. The van der Waals surface area contributed by atoms with E-state index in [9.17, 15) is 4.79 Å². The molecule has 1 aromatic carbocycles. The highest BCUT2D eigenvalue weighted by Crippen LogP contribution is 2.28. The van der Waals surface area contributed by atoms with Crippen molar-refractivity contribution in [2.45, 2.75) is 6.92 Å². The minimum Gasteiger partial charge on any atom is -0.353 e. The average Bonchev–Trinajstić information content (AvgIpc) is 3.26. The summed E-state index contributed by atoms with van der Waals surface area (Å²) in [6.45, 7) is 4.61. The molecule has 5 rings (SSSR count). The molecule has 0 saturated carbocycles. The number of carbonyl (C=O) groups is 1. The Bertz CT molecular complexity index is 1220. The zero-order chi connectivity index (χ0) is 21.9. The lowest BCUT2D eigenvalue weighted by molar-refractivity contribution is 0.0750. The number of hydrogen-bond donors (Lipinski definition) is 0. The van der Waals surface area contributed by atoms with Crippen LogP contribution in [0.25, 0.3) is 22.1 Å². The highest BCUT2D eigenvalue weighted by Gasteiger charge is 2.26. The van der Waals surface area contributed by atoms with Gasteiger partial charge in [0, 0.05) is 44.1 Å². The zero-order valence-electron chi connectivity index (χ0n) is 17.7. The molecule has 7 nitrogen and oxygen atoms in total. The van der Waals surface area contributed by atoms with E-state index in [0.717, 1.165) is 40.9 Å². The number of hydrogen-bond acceptors (Lipinski definition) is 7. The zero-order valence-corrected chi connectivity index (χ0v) is 18.5. The summed E-state index contributed by atoms with van der Waals surface area (Å²) in [4.78, 5) is 36.1. The second-order valence-electron chi connectivity index (χ2n) is 7.53. The summed E-state index contributed by atoms with van der Waals surface area (Å²) in [5.74, 6) is 1.63. The third-order valence-corrected chi connectivity index (χ3v) is 6.61. The fourth-order valence-electron chi connectivity index (χ4n) is 3.73. The van der Waals surface area contributed by atoms with E-state index in [1.165, 1.54) is 11.3 Å². The number of benzene rings is 1. The average molecular weight is 443 g/mol. The summed E-state index contributed by atoms with van der Waals surface area (Å²) in [5.41, 5.74) is 2.54. The quantitative estimate of drug-likeness (QED) is 0.477. The van der Waals surface area contributed by atoms with Gasteiger partial charge in [-0.25, -0.2) is 15.0 Å². The van der Waals surface area contributed by atoms with Gasteiger partial charge in [-0.15, -0.1) is 11.3 Å². The monoisotopic (exact) mass is 442 g/mol. The molecule has 0 bridgehead atoms.